The Balaban J connectivity index is 1.67. The molecule has 0 spiro atoms. The molecule has 0 amide bonds. The Morgan fingerprint density at radius 1 is 1.30 bits per heavy atom. The van der Waals surface area contributed by atoms with E-state index in [0.29, 0.717) is 6.79 Å². The van der Waals surface area contributed by atoms with E-state index in [2.05, 4.69) is 30.2 Å². The molecule has 2 heterocycles. The monoisotopic (exact) mass is 290 g/mol. The van der Waals surface area contributed by atoms with Gasteiger partial charge in [0.25, 0.3) is 0 Å². The highest BCUT2D eigenvalue weighted by Gasteiger charge is 2.16. The molecule has 1 aliphatic heterocycles. The normalized spacial score (nSPS) is 14.6. The molecule has 2 aromatic rings. The minimum atomic E-state index is 0.256. The molecule has 20 heavy (non-hydrogen) atoms. The van der Waals surface area contributed by atoms with Gasteiger partial charge in [-0.25, -0.2) is 4.98 Å². The molecule has 0 saturated carbocycles. The second-order valence-corrected chi connectivity index (χ2v) is 6.24. The standard InChI is InChI=1S/C15H18N2O2S/c1-9(16-7-15-10(2)17-11(3)20-15)12-4-5-13-14(6-12)19-8-18-13/h4-6,9,16H,7-8H2,1-3H3. The molecule has 0 radical (unpaired) electrons. The Kier molecular flexibility index (Phi) is 3.63. The lowest BCUT2D eigenvalue weighted by molar-refractivity contribution is 0.174. The van der Waals surface area contributed by atoms with Crippen molar-refractivity contribution in [1.82, 2.24) is 10.3 Å². The predicted octanol–water partition coefficient (Wildman–Crippen LogP) is 3.34. The number of rotatable bonds is 4. The van der Waals surface area contributed by atoms with Crippen LogP contribution in [0.2, 0.25) is 0 Å². The summed E-state index contributed by atoms with van der Waals surface area (Å²) in [5.41, 5.74) is 2.33. The van der Waals surface area contributed by atoms with Gasteiger partial charge in [0.15, 0.2) is 11.5 Å². The highest BCUT2D eigenvalue weighted by molar-refractivity contribution is 7.11. The molecule has 1 atom stereocenters. The number of benzene rings is 1. The van der Waals surface area contributed by atoms with Crippen molar-refractivity contribution in [2.75, 3.05) is 6.79 Å². The molecule has 5 heteroatoms. The summed E-state index contributed by atoms with van der Waals surface area (Å²) in [4.78, 5) is 5.75. The molecule has 1 N–H and O–H groups in total. The van der Waals surface area contributed by atoms with E-state index in [1.165, 1.54) is 10.4 Å². The Morgan fingerprint density at radius 3 is 2.85 bits per heavy atom. The van der Waals surface area contributed by atoms with E-state index in [1.54, 1.807) is 11.3 Å². The second kappa shape index (κ2) is 5.42. The van der Waals surface area contributed by atoms with Crippen LogP contribution in [0.15, 0.2) is 18.2 Å². The lowest BCUT2D eigenvalue weighted by Crippen LogP contribution is -2.17. The molecule has 3 rings (SSSR count). The number of nitrogens with zero attached hydrogens (tertiary/aromatic N) is 1. The van der Waals surface area contributed by atoms with Gasteiger partial charge in [-0.3, -0.25) is 0 Å². The van der Waals surface area contributed by atoms with Crippen molar-refractivity contribution in [2.45, 2.75) is 33.4 Å². The number of hydrogen-bond donors (Lipinski definition) is 1. The van der Waals surface area contributed by atoms with Gasteiger partial charge in [-0.1, -0.05) is 6.07 Å². The maximum atomic E-state index is 5.42. The molecule has 1 aromatic heterocycles. The number of aryl methyl sites for hydroxylation is 2. The van der Waals surface area contributed by atoms with Gasteiger partial charge in [-0.05, 0) is 38.5 Å². The molecule has 106 valence electrons. The number of hydrogen-bond acceptors (Lipinski definition) is 5. The lowest BCUT2D eigenvalue weighted by atomic mass is 10.1. The average Bonchev–Trinajstić information content (AvgIpc) is 3.01. The molecule has 1 unspecified atom stereocenters. The van der Waals surface area contributed by atoms with Crippen LogP contribution < -0.4 is 14.8 Å². The first-order valence-electron chi connectivity index (χ1n) is 6.69. The summed E-state index contributed by atoms with van der Waals surface area (Å²) in [6.45, 7) is 7.42. The summed E-state index contributed by atoms with van der Waals surface area (Å²) in [6, 6.07) is 6.35. The van der Waals surface area contributed by atoms with Gasteiger partial charge in [0, 0.05) is 17.5 Å². The van der Waals surface area contributed by atoms with Crippen LogP contribution in [0.5, 0.6) is 11.5 Å². The molecule has 0 fully saturated rings. The molecule has 0 aliphatic carbocycles. The van der Waals surface area contributed by atoms with Crippen molar-refractivity contribution >= 4 is 11.3 Å². The molecular weight excluding hydrogens is 272 g/mol. The van der Waals surface area contributed by atoms with Gasteiger partial charge >= 0.3 is 0 Å². The molecule has 1 aliphatic rings. The highest BCUT2D eigenvalue weighted by atomic mass is 32.1. The maximum absolute atomic E-state index is 5.42. The lowest BCUT2D eigenvalue weighted by Gasteiger charge is -2.14. The summed E-state index contributed by atoms with van der Waals surface area (Å²) < 4.78 is 10.7. The van der Waals surface area contributed by atoms with Crippen molar-refractivity contribution in [3.05, 3.63) is 39.3 Å². The van der Waals surface area contributed by atoms with E-state index in [9.17, 15) is 0 Å². The van der Waals surface area contributed by atoms with Crippen molar-refractivity contribution in [2.24, 2.45) is 0 Å². The number of thiazole rings is 1. The van der Waals surface area contributed by atoms with Crippen molar-refractivity contribution < 1.29 is 9.47 Å². The largest absolute Gasteiger partial charge is 0.454 e. The summed E-state index contributed by atoms with van der Waals surface area (Å²) in [5, 5.41) is 4.65. The minimum Gasteiger partial charge on any atom is -0.454 e. The zero-order valence-corrected chi connectivity index (χ0v) is 12.7. The van der Waals surface area contributed by atoms with E-state index in [1.807, 2.05) is 19.1 Å². The van der Waals surface area contributed by atoms with E-state index >= 15 is 0 Å². The fourth-order valence-corrected chi connectivity index (χ4v) is 3.17. The first-order chi connectivity index (χ1) is 9.63. The summed E-state index contributed by atoms with van der Waals surface area (Å²) in [7, 11) is 0. The van der Waals surface area contributed by atoms with Gasteiger partial charge in [-0.15, -0.1) is 11.3 Å². The van der Waals surface area contributed by atoms with Gasteiger partial charge in [0.1, 0.15) is 0 Å². The zero-order valence-electron chi connectivity index (χ0n) is 11.9. The molecular formula is C15H18N2O2S. The van der Waals surface area contributed by atoms with Crippen LogP contribution in [0.25, 0.3) is 0 Å². The predicted molar refractivity (Wildman–Crippen MR) is 79.4 cm³/mol. The topological polar surface area (TPSA) is 43.4 Å². The van der Waals surface area contributed by atoms with Gasteiger partial charge in [-0.2, -0.15) is 0 Å². The SMILES string of the molecule is Cc1nc(C)c(CNC(C)c2ccc3c(c2)OCO3)s1. The number of nitrogens with one attached hydrogen (secondary N) is 1. The van der Waals surface area contributed by atoms with Crippen molar-refractivity contribution in [1.29, 1.82) is 0 Å². The van der Waals surface area contributed by atoms with Crippen LogP contribution in [0.4, 0.5) is 0 Å². The molecule has 4 nitrogen and oxygen atoms in total. The van der Waals surface area contributed by atoms with E-state index < -0.39 is 0 Å². The van der Waals surface area contributed by atoms with E-state index in [4.69, 9.17) is 9.47 Å². The third-order valence-electron chi connectivity index (χ3n) is 3.47. The number of aromatic nitrogens is 1. The van der Waals surface area contributed by atoms with E-state index in [-0.39, 0.29) is 6.04 Å². The fourth-order valence-electron chi connectivity index (χ4n) is 2.28. The fraction of sp³-hybridized carbons (Fsp3) is 0.400. The summed E-state index contributed by atoms with van der Waals surface area (Å²) in [6.07, 6.45) is 0. The first kappa shape index (κ1) is 13.4. The van der Waals surface area contributed by atoms with Crippen molar-refractivity contribution in [3.8, 4) is 11.5 Å². The van der Waals surface area contributed by atoms with Crippen LogP contribution in [0.3, 0.4) is 0 Å². The summed E-state index contributed by atoms with van der Waals surface area (Å²) >= 11 is 1.75. The maximum Gasteiger partial charge on any atom is 0.231 e. The van der Waals surface area contributed by atoms with Crippen LogP contribution in [0.1, 0.15) is 34.1 Å². The Hall–Kier alpha value is -1.59. The third kappa shape index (κ3) is 2.64. The van der Waals surface area contributed by atoms with Crippen LogP contribution in [-0.2, 0) is 6.54 Å². The second-order valence-electron chi connectivity index (χ2n) is 4.96. The zero-order chi connectivity index (χ0) is 14.1. The highest BCUT2D eigenvalue weighted by Crippen LogP contribution is 2.34. The van der Waals surface area contributed by atoms with E-state index in [0.717, 1.165) is 28.7 Å². The third-order valence-corrected chi connectivity index (χ3v) is 4.54. The molecule has 0 bridgehead atoms. The average molecular weight is 290 g/mol. The number of ether oxygens (including phenoxy) is 2. The first-order valence-corrected chi connectivity index (χ1v) is 7.51. The Morgan fingerprint density at radius 2 is 2.10 bits per heavy atom. The van der Waals surface area contributed by atoms with Gasteiger partial charge < -0.3 is 14.8 Å². The van der Waals surface area contributed by atoms with Crippen molar-refractivity contribution in [3.63, 3.8) is 0 Å². The molecule has 1 aromatic carbocycles. The smallest absolute Gasteiger partial charge is 0.231 e. The summed E-state index contributed by atoms with van der Waals surface area (Å²) in [5.74, 6) is 1.66. The quantitative estimate of drug-likeness (QED) is 0.938. The van der Waals surface area contributed by atoms with Gasteiger partial charge in [0.05, 0.1) is 10.7 Å². The van der Waals surface area contributed by atoms with Crippen LogP contribution in [0, 0.1) is 13.8 Å². The van der Waals surface area contributed by atoms with Crippen LogP contribution >= 0.6 is 11.3 Å². The Bertz CT molecular complexity index is 624. The number of fused-ring (bicyclic) bond motifs is 1. The minimum absolute atomic E-state index is 0.256. The van der Waals surface area contributed by atoms with Gasteiger partial charge in [0.2, 0.25) is 6.79 Å². The Labute approximate surface area is 122 Å². The van der Waals surface area contributed by atoms with Crippen LogP contribution in [-0.4, -0.2) is 11.8 Å². The molecule has 0 saturated heterocycles.